The van der Waals surface area contributed by atoms with Crippen LogP contribution in [0, 0.1) is 5.92 Å². The van der Waals surface area contributed by atoms with Crippen molar-refractivity contribution in [1.29, 1.82) is 0 Å². The number of rotatable bonds is 6. The van der Waals surface area contributed by atoms with Crippen LogP contribution < -0.4 is 16.4 Å². The third kappa shape index (κ3) is 5.34. The lowest BCUT2D eigenvalue weighted by Gasteiger charge is -2.19. The number of ether oxygens (including phenoxy) is 1. The minimum Gasteiger partial charge on any atom is -0.384 e. The maximum Gasteiger partial charge on any atom is 0.265 e. The molecular weight excluding hydrogens is 276 g/mol. The zero-order valence-electron chi connectivity index (χ0n) is 12.7. The van der Waals surface area contributed by atoms with E-state index in [9.17, 15) is 4.79 Å². The van der Waals surface area contributed by atoms with Crippen LogP contribution in [0.4, 0.5) is 10.9 Å². The number of carbonyl (C=O) groups excluding carboxylic acids is 1. The van der Waals surface area contributed by atoms with Crippen molar-refractivity contribution in [1.82, 2.24) is 10.3 Å². The fourth-order valence-electron chi connectivity index (χ4n) is 1.56. The van der Waals surface area contributed by atoms with Gasteiger partial charge in [0.2, 0.25) is 0 Å². The van der Waals surface area contributed by atoms with Crippen molar-refractivity contribution >= 4 is 28.2 Å². The molecule has 0 aliphatic carbocycles. The molecule has 4 N–H and O–H groups in total. The van der Waals surface area contributed by atoms with E-state index in [-0.39, 0.29) is 23.2 Å². The van der Waals surface area contributed by atoms with E-state index in [4.69, 9.17) is 10.5 Å². The average Bonchev–Trinajstić information content (AvgIpc) is 2.65. The topological polar surface area (TPSA) is 89.3 Å². The van der Waals surface area contributed by atoms with Crippen LogP contribution in [0.5, 0.6) is 0 Å². The molecule has 0 bridgehead atoms. The van der Waals surface area contributed by atoms with Crippen LogP contribution in [0.3, 0.4) is 0 Å². The Morgan fingerprint density at radius 3 is 2.70 bits per heavy atom. The van der Waals surface area contributed by atoms with E-state index < -0.39 is 0 Å². The molecule has 7 heteroatoms. The average molecular weight is 300 g/mol. The molecule has 6 nitrogen and oxygen atoms in total. The van der Waals surface area contributed by atoms with E-state index in [0.717, 1.165) is 0 Å². The number of nitrogens with zero attached hydrogens (tertiary/aromatic N) is 1. The standard InChI is InChI=1S/C13H24N4O2S/c1-8(7-19-5)6-15-11(18)9-10(14)16-12(20-9)17-13(2,3)4/h8H,6-7,14H2,1-5H3,(H,15,18)(H,16,17). The number of carbonyl (C=O) groups is 1. The van der Waals surface area contributed by atoms with Crippen molar-refractivity contribution in [2.75, 3.05) is 31.3 Å². The SMILES string of the molecule is COCC(C)CNC(=O)c1sc(NC(C)(C)C)nc1N. The van der Waals surface area contributed by atoms with Crippen LogP contribution in [0.1, 0.15) is 37.4 Å². The second-order valence-electron chi connectivity index (χ2n) is 5.88. The van der Waals surface area contributed by atoms with Gasteiger partial charge in [-0.2, -0.15) is 0 Å². The largest absolute Gasteiger partial charge is 0.384 e. The van der Waals surface area contributed by atoms with Gasteiger partial charge in [0.1, 0.15) is 10.7 Å². The number of hydrogen-bond donors (Lipinski definition) is 3. The molecule has 0 radical (unpaired) electrons. The van der Waals surface area contributed by atoms with Gasteiger partial charge < -0.3 is 21.1 Å². The van der Waals surface area contributed by atoms with Crippen LogP contribution in [0.25, 0.3) is 0 Å². The molecule has 1 atom stereocenters. The molecular formula is C13H24N4O2S. The fourth-order valence-corrected chi connectivity index (χ4v) is 2.57. The number of nitrogens with two attached hydrogens (primary N) is 1. The van der Waals surface area contributed by atoms with E-state index in [1.165, 1.54) is 11.3 Å². The van der Waals surface area contributed by atoms with E-state index in [1.54, 1.807) is 7.11 Å². The lowest BCUT2D eigenvalue weighted by atomic mass is 10.1. The van der Waals surface area contributed by atoms with Gasteiger partial charge >= 0.3 is 0 Å². The second-order valence-corrected chi connectivity index (χ2v) is 6.88. The van der Waals surface area contributed by atoms with Gasteiger partial charge in [0.25, 0.3) is 5.91 Å². The van der Waals surface area contributed by atoms with Crippen molar-refractivity contribution in [2.24, 2.45) is 5.92 Å². The molecule has 0 aliphatic heterocycles. The minimum absolute atomic E-state index is 0.120. The molecule has 0 aliphatic rings. The van der Waals surface area contributed by atoms with Crippen molar-refractivity contribution in [3.05, 3.63) is 4.88 Å². The summed E-state index contributed by atoms with van der Waals surface area (Å²) < 4.78 is 5.03. The first kappa shape index (κ1) is 16.7. The van der Waals surface area contributed by atoms with Crippen molar-refractivity contribution in [3.8, 4) is 0 Å². The van der Waals surface area contributed by atoms with Gasteiger partial charge in [-0.3, -0.25) is 4.79 Å². The molecule has 0 fully saturated rings. The summed E-state index contributed by atoms with van der Waals surface area (Å²) in [5, 5.41) is 6.71. The van der Waals surface area contributed by atoms with E-state index >= 15 is 0 Å². The van der Waals surface area contributed by atoms with E-state index in [1.807, 2.05) is 27.7 Å². The zero-order valence-corrected chi connectivity index (χ0v) is 13.6. The maximum atomic E-state index is 12.1. The number of aromatic nitrogens is 1. The van der Waals surface area contributed by atoms with Gasteiger partial charge in [0, 0.05) is 19.2 Å². The highest BCUT2D eigenvalue weighted by Crippen LogP contribution is 2.27. The Morgan fingerprint density at radius 1 is 1.50 bits per heavy atom. The molecule has 1 aromatic rings. The first-order chi connectivity index (χ1) is 9.23. The van der Waals surface area contributed by atoms with Gasteiger partial charge in [-0.25, -0.2) is 4.98 Å². The van der Waals surface area contributed by atoms with Gasteiger partial charge in [0.15, 0.2) is 5.13 Å². The van der Waals surface area contributed by atoms with Gasteiger partial charge in [0.05, 0.1) is 6.61 Å². The Hall–Kier alpha value is -1.34. The summed E-state index contributed by atoms with van der Waals surface area (Å²) in [6.07, 6.45) is 0. The number of methoxy groups -OCH3 is 1. The van der Waals surface area contributed by atoms with Crippen LogP contribution in [0.15, 0.2) is 0 Å². The quantitative estimate of drug-likeness (QED) is 0.747. The third-order valence-electron chi connectivity index (χ3n) is 2.40. The molecule has 0 saturated carbocycles. The first-order valence-electron chi connectivity index (χ1n) is 6.54. The molecule has 1 rings (SSSR count). The van der Waals surface area contributed by atoms with Crippen LogP contribution in [-0.2, 0) is 4.74 Å². The molecule has 1 aromatic heterocycles. The Balaban J connectivity index is 2.64. The highest BCUT2D eigenvalue weighted by atomic mass is 32.1. The lowest BCUT2D eigenvalue weighted by Crippen LogP contribution is -2.29. The molecule has 20 heavy (non-hydrogen) atoms. The molecule has 1 unspecified atom stereocenters. The summed E-state index contributed by atoms with van der Waals surface area (Å²) in [5.74, 6) is 0.328. The monoisotopic (exact) mass is 300 g/mol. The van der Waals surface area contributed by atoms with Crippen molar-refractivity contribution in [2.45, 2.75) is 33.2 Å². The molecule has 0 aromatic carbocycles. The Labute approximate surface area is 124 Å². The molecule has 0 saturated heterocycles. The molecule has 1 amide bonds. The summed E-state index contributed by atoms with van der Waals surface area (Å²) >= 11 is 1.27. The Bertz CT molecular complexity index is 454. The number of nitrogens with one attached hydrogen (secondary N) is 2. The first-order valence-corrected chi connectivity index (χ1v) is 7.36. The predicted molar refractivity (Wildman–Crippen MR) is 83.3 cm³/mol. The summed E-state index contributed by atoms with van der Waals surface area (Å²) in [4.78, 5) is 16.7. The van der Waals surface area contributed by atoms with E-state index in [2.05, 4.69) is 15.6 Å². The van der Waals surface area contributed by atoms with Crippen LogP contribution in [0.2, 0.25) is 0 Å². The summed E-state index contributed by atoms with van der Waals surface area (Å²) in [6, 6.07) is 0. The number of amides is 1. The van der Waals surface area contributed by atoms with Gasteiger partial charge in [-0.15, -0.1) is 0 Å². The second kappa shape index (κ2) is 6.90. The maximum absolute atomic E-state index is 12.1. The van der Waals surface area contributed by atoms with Gasteiger partial charge in [-0.05, 0) is 26.7 Å². The van der Waals surface area contributed by atoms with E-state index in [0.29, 0.717) is 23.2 Å². The van der Waals surface area contributed by atoms with Crippen molar-refractivity contribution in [3.63, 3.8) is 0 Å². The fraction of sp³-hybridized carbons (Fsp3) is 0.692. The highest BCUT2D eigenvalue weighted by molar-refractivity contribution is 7.18. The van der Waals surface area contributed by atoms with Crippen LogP contribution >= 0.6 is 11.3 Å². The summed E-state index contributed by atoms with van der Waals surface area (Å²) in [7, 11) is 1.64. The normalized spacial score (nSPS) is 13.1. The highest BCUT2D eigenvalue weighted by Gasteiger charge is 2.19. The number of thiazole rings is 1. The Kier molecular flexibility index (Phi) is 5.76. The van der Waals surface area contributed by atoms with Gasteiger partial charge in [-0.1, -0.05) is 18.3 Å². The molecule has 0 spiro atoms. The number of hydrogen-bond acceptors (Lipinski definition) is 6. The molecule has 114 valence electrons. The number of anilines is 2. The predicted octanol–water partition coefficient (Wildman–Crippen LogP) is 1.95. The summed E-state index contributed by atoms with van der Waals surface area (Å²) in [5.41, 5.74) is 5.68. The lowest BCUT2D eigenvalue weighted by molar-refractivity contribution is 0.0938. The summed E-state index contributed by atoms with van der Waals surface area (Å²) in [6.45, 7) is 9.23. The minimum atomic E-state index is -0.190. The Morgan fingerprint density at radius 2 is 2.15 bits per heavy atom. The van der Waals surface area contributed by atoms with Crippen LogP contribution in [-0.4, -0.2) is 36.7 Å². The molecule has 1 heterocycles. The third-order valence-corrected chi connectivity index (χ3v) is 3.39. The number of nitrogen functional groups attached to an aromatic ring is 1. The smallest absolute Gasteiger partial charge is 0.265 e. The zero-order chi connectivity index (χ0) is 15.3. The van der Waals surface area contributed by atoms with Crippen molar-refractivity contribution < 1.29 is 9.53 Å².